The number of hydrogen-bond donors (Lipinski definition) is 0. The monoisotopic (exact) mass is 256 g/mol. The Kier molecular flexibility index (Phi) is 4.59. The van der Waals surface area contributed by atoms with E-state index in [0.29, 0.717) is 0 Å². The Morgan fingerprint density at radius 1 is 1.28 bits per heavy atom. The average molecular weight is 256 g/mol. The lowest BCUT2D eigenvalue weighted by atomic mass is 10.1. The molecule has 104 valence electrons. The molecule has 2 bridgehead atoms. The fourth-order valence-corrected chi connectivity index (χ4v) is 2.72. The largest absolute Gasteiger partial charge is 0.383 e. The van der Waals surface area contributed by atoms with Crippen LogP contribution in [0.3, 0.4) is 0 Å². The molecule has 2 atom stereocenters. The highest BCUT2D eigenvalue weighted by molar-refractivity contribution is 5.78. The van der Waals surface area contributed by atoms with Crippen molar-refractivity contribution in [3.05, 3.63) is 0 Å². The number of amides is 1. The van der Waals surface area contributed by atoms with Crippen molar-refractivity contribution < 1.29 is 14.3 Å². The summed E-state index contributed by atoms with van der Waals surface area (Å²) in [6.07, 6.45) is 0.328. The zero-order chi connectivity index (χ0) is 13.1. The van der Waals surface area contributed by atoms with E-state index in [1.165, 1.54) is 0 Å². The van der Waals surface area contributed by atoms with Crippen molar-refractivity contribution in [3.8, 4) is 0 Å². The predicted octanol–water partition coefficient (Wildman–Crippen LogP) is 0.200. The number of ether oxygens (including phenoxy) is 2. The molecule has 0 radical (unpaired) electrons. The Hall–Kier alpha value is -0.650. The van der Waals surface area contributed by atoms with Crippen molar-refractivity contribution in [1.29, 1.82) is 0 Å². The molecule has 18 heavy (non-hydrogen) atoms. The van der Waals surface area contributed by atoms with E-state index in [1.807, 2.05) is 18.7 Å². The second kappa shape index (κ2) is 5.99. The van der Waals surface area contributed by atoms with Gasteiger partial charge in [-0.3, -0.25) is 9.69 Å². The minimum atomic E-state index is 0.0772. The highest BCUT2D eigenvalue weighted by atomic mass is 16.5. The maximum atomic E-state index is 12.0. The molecule has 5 heteroatoms. The van der Waals surface area contributed by atoms with Gasteiger partial charge in [-0.15, -0.1) is 0 Å². The minimum absolute atomic E-state index is 0.0772. The normalized spacial score (nSPS) is 28.8. The molecule has 0 aromatic carbocycles. The first kappa shape index (κ1) is 13.8. The molecule has 2 saturated heterocycles. The van der Waals surface area contributed by atoms with Crippen molar-refractivity contribution in [2.24, 2.45) is 5.92 Å². The third-order valence-electron chi connectivity index (χ3n) is 3.57. The molecule has 2 rings (SSSR count). The molecule has 2 aliphatic rings. The van der Waals surface area contributed by atoms with Crippen LogP contribution in [0.4, 0.5) is 0 Å². The van der Waals surface area contributed by atoms with Crippen molar-refractivity contribution in [2.75, 3.05) is 46.4 Å². The van der Waals surface area contributed by atoms with Crippen LogP contribution < -0.4 is 0 Å². The first-order valence-electron chi connectivity index (χ1n) is 6.75. The molecular weight excluding hydrogens is 232 g/mol. The standard InChI is InChI=1S/C13H24N2O3/c1-10(2)13(16)15-8-11-6-14(4-5-17-3)7-12(9-15)18-11/h10-12H,4-9H2,1-3H3. The van der Waals surface area contributed by atoms with Crippen LogP contribution in [-0.4, -0.2) is 74.4 Å². The van der Waals surface area contributed by atoms with Gasteiger partial charge in [0.25, 0.3) is 0 Å². The first-order chi connectivity index (χ1) is 8.60. The van der Waals surface area contributed by atoms with Crippen LogP contribution >= 0.6 is 0 Å². The number of nitrogens with zero attached hydrogens (tertiary/aromatic N) is 2. The summed E-state index contributed by atoms with van der Waals surface area (Å²) in [5, 5.41) is 0. The summed E-state index contributed by atoms with van der Waals surface area (Å²) in [4.78, 5) is 16.4. The van der Waals surface area contributed by atoms with Crippen LogP contribution in [0, 0.1) is 5.92 Å². The Labute approximate surface area is 109 Å². The Morgan fingerprint density at radius 3 is 2.39 bits per heavy atom. The number of carbonyl (C=O) groups is 1. The molecule has 5 nitrogen and oxygen atoms in total. The lowest BCUT2D eigenvalue weighted by Gasteiger charge is -2.46. The molecule has 2 unspecified atom stereocenters. The zero-order valence-electron chi connectivity index (χ0n) is 11.6. The fourth-order valence-electron chi connectivity index (χ4n) is 2.72. The van der Waals surface area contributed by atoms with E-state index in [4.69, 9.17) is 9.47 Å². The van der Waals surface area contributed by atoms with Gasteiger partial charge in [-0.25, -0.2) is 0 Å². The molecule has 0 aromatic rings. The van der Waals surface area contributed by atoms with Gasteiger partial charge in [0.2, 0.25) is 5.91 Å². The summed E-state index contributed by atoms with van der Waals surface area (Å²) in [7, 11) is 1.73. The van der Waals surface area contributed by atoms with Crippen LogP contribution in [0.25, 0.3) is 0 Å². The molecule has 2 heterocycles. The first-order valence-corrected chi connectivity index (χ1v) is 6.75. The van der Waals surface area contributed by atoms with Crippen LogP contribution in [0.5, 0.6) is 0 Å². The molecule has 0 spiro atoms. The van der Waals surface area contributed by atoms with Crippen molar-refractivity contribution >= 4 is 5.91 Å². The number of methoxy groups -OCH3 is 1. The SMILES string of the molecule is COCCN1CC2CN(C(=O)C(C)C)CC(C1)O2. The predicted molar refractivity (Wildman–Crippen MR) is 68.4 cm³/mol. The van der Waals surface area contributed by atoms with Gasteiger partial charge in [0, 0.05) is 45.8 Å². The van der Waals surface area contributed by atoms with E-state index in [1.54, 1.807) is 7.11 Å². The highest BCUT2D eigenvalue weighted by Crippen LogP contribution is 2.20. The molecule has 0 aromatic heterocycles. The maximum absolute atomic E-state index is 12.0. The van der Waals surface area contributed by atoms with E-state index in [2.05, 4.69) is 4.90 Å². The molecular formula is C13H24N2O3. The quantitative estimate of drug-likeness (QED) is 0.720. The lowest BCUT2D eigenvalue weighted by molar-refractivity contribution is -0.163. The number of hydrogen-bond acceptors (Lipinski definition) is 4. The van der Waals surface area contributed by atoms with Crippen LogP contribution in [0.2, 0.25) is 0 Å². The molecule has 0 aliphatic carbocycles. The van der Waals surface area contributed by atoms with Gasteiger partial charge in [-0.2, -0.15) is 0 Å². The maximum Gasteiger partial charge on any atom is 0.225 e. The lowest BCUT2D eigenvalue weighted by Crippen LogP contribution is -2.61. The second-order valence-corrected chi connectivity index (χ2v) is 5.53. The van der Waals surface area contributed by atoms with E-state index >= 15 is 0 Å². The summed E-state index contributed by atoms with van der Waals surface area (Å²) >= 11 is 0. The highest BCUT2D eigenvalue weighted by Gasteiger charge is 2.36. The average Bonchev–Trinajstić information content (AvgIpc) is 2.34. The number of morpholine rings is 2. The number of carbonyl (C=O) groups excluding carboxylic acids is 1. The Balaban J connectivity index is 1.88. The van der Waals surface area contributed by atoms with Crippen molar-refractivity contribution in [2.45, 2.75) is 26.1 Å². The van der Waals surface area contributed by atoms with Gasteiger partial charge >= 0.3 is 0 Å². The minimum Gasteiger partial charge on any atom is -0.383 e. The summed E-state index contributed by atoms with van der Waals surface area (Å²) in [6, 6.07) is 0. The zero-order valence-corrected chi connectivity index (χ0v) is 11.6. The van der Waals surface area contributed by atoms with E-state index in [9.17, 15) is 4.79 Å². The number of fused-ring (bicyclic) bond motifs is 2. The van der Waals surface area contributed by atoms with Gasteiger partial charge in [0.05, 0.1) is 18.8 Å². The van der Waals surface area contributed by atoms with Crippen molar-refractivity contribution in [1.82, 2.24) is 9.80 Å². The van der Waals surface area contributed by atoms with Gasteiger partial charge in [0.15, 0.2) is 0 Å². The summed E-state index contributed by atoms with van der Waals surface area (Å²) in [6.45, 7) is 8.90. The molecule has 0 N–H and O–H groups in total. The Bertz CT molecular complexity index is 282. The molecule has 2 aliphatic heterocycles. The summed E-state index contributed by atoms with van der Waals surface area (Å²) in [5.41, 5.74) is 0. The summed E-state index contributed by atoms with van der Waals surface area (Å²) in [5.74, 6) is 0.326. The smallest absolute Gasteiger partial charge is 0.225 e. The number of rotatable bonds is 4. The van der Waals surface area contributed by atoms with E-state index < -0.39 is 0 Å². The third kappa shape index (κ3) is 3.22. The van der Waals surface area contributed by atoms with Crippen LogP contribution in [0.1, 0.15) is 13.8 Å². The fraction of sp³-hybridized carbons (Fsp3) is 0.923. The van der Waals surface area contributed by atoms with Gasteiger partial charge in [-0.05, 0) is 0 Å². The van der Waals surface area contributed by atoms with Gasteiger partial charge in [-0.1, -0.05) is 13.8 Å². The molecule has 1 amide bonds. The summed E-state index contributed by atoms with van der Waals surface area (Å²) < 4.78 is 11.0. The Morgan fingerprint density at radius 2 is 1.89 bits per heavy atom. The van der Waals surface area contributed by atoms with Crippen LogP contribution in [0.15, 0.2) is 0 Å². The molecule has 0 saturated carbocycles. The third-order valence-corrected chi connectivity index (χ3v) is 3.57. The van der Waals surface area contributed by atoms with Crippen LogP contribution in [-0.2, 0) is 14.3 Å². The van der Waals surface area contributed by atoms with E-state index in [0.717, 1.165) is 39.3 Å². The van der Waals surface area contributed by atoms with E-state index in [-0.39, 0.29) is 24.0 Å². The second-order valence-electron chi connectivity index (χ2n) is 5.53. The van der Waals surface area contributed by atoms with Crippen molar-refractivity contribution in [3.63, 3.8) is 0 Å². The molecule has 2 fully saturated rings. The topological polar surface area (TPSA) is 42.0 Å². The van der Waals surface area contributed by atoms with Gasteiger partial charge < -0.3 is 14.4 Å². The van der Waals surface area contributed by atoms with Gasteiger partial charge in [0.1, 0.15) is 0 Å².